The number of ether oxygens (including phenoxy) is 1. The highest BCUT2D eigenvalue weighted by molar-refractivity contribution is 5.93. The summed E-state index contributed by atoms with van der Waals surface area (Å²) >= 11 is 0. The lowest BCUT2D eigenvalue weighted by Crippen LogP contribution is -2.23. The minimum Gasteiger partial charge on any atom is -0.465 e. The summed E-state index contributed by atoms with van der Waals surface area (Å²) in [6, 6.07) is 5.04. The zero-order valence-electron chi connectivity index (χ0n) is 11.3. The van der Waals surface area contributed by atoms with Crippen molar-refractivity contribution >= 4 is 17.0 Å². The van der Waals surface area contributed by atoms with Gasteiger partial charge in [-0.25, -0.2) is 9.59 Å². The van der Waals surface area contributed by atoms with Crippen LogP contribution in [0.15, 0.2) is 48.3 Å². The van der Waals surface area contributed by atoms with Crippen LogP contribution in [0.2, 0.25) is 0 Å². The van der Waals surface area contributed by atoms with Crippen LogP contribution in [0.25, 0.3) is 11.0 Å². The number of rotatable bonds is 5. The van der Waals surface area contributed by atoms with Crippen LogP contribution in [0.4, 0.5) is 0 Å². The molecule has 20 heavy (non-hydrogen) atoms. The van der Waals surface area contributed by atoms with Gasteiger partial charge in [-0.2, -0.15) is 0 Å². The summed E-state index contributed by atoms with van der Waals surface area (Å²) in [5.74, 6) is -0.430. The lowest BCUT2D eigenvalue weighted by atomic mass is 10.2. The molecule has 0 unspecified atom stereocenters. The molecule has 0 spiro atoms. The van der Waals surface area contributed by atoms with Crippen LogP contribution < -0.4 is 5.69 Å². The van der Waals surface area contributed by atoms with E-state index in [1.54, 1.807) is 39.5 Å². The Kier molecular flexibility index (Phi) is 3.89. The van der Waals surface area contributed by atoms with E-state index < -0.39 is 5.97 Å². The Morgan fingerprint density at radius 2 is 1.80 bits per heavy atom. The van der Waals surface area contributed by atoms with Gasteiger partial charge in [0.15, 0.2) is 0 Å². The van der Waals surface area contributed by atoms with Crippen molar-refractivity contribution < 1.29 is 9.53 Å². The summed E-state index contributed by atoms with van der Waals surface area (Å²) in [6.45, 7) is 8.10. The topological polar surface area (TPSA) is 53.2 Å². The number of benzene rings is 1. The first kappa shape index (κ1) is 13.9. The Balaban J connectivity index is 2.75. The van der Waals surface area contributed by atoms with Gasteiger partial charge in [-0.1, -0.05) is 12.2 Å². The molecule has 0 aliphatic heterocycles. The van der Waals surface area contributed by atoms with Gasteiger partial charge in [0.25, 0.3) is 0 Å². The summed E-state index contributed by atoms with van der Waals surface area (Å²) in [5.41, 5.74) is 1.69. The fourth-order valence-corrected chi connectivity index (χ4v) is 2.18. The molecular weight excluding hydrogens is 256 g/mol. The van der Waals surface area contributed by atoms with E-state index >= 15 is 0 Å². The largest absolute Gasteiger partial charge is 0.465 e. The van der Waals surface area contributed by atoms with E-state index in [9.17, 15) is 9.59 Å². The highest BCUT2D eigenvalue weighted by atomic mass is 16.5. The molecule has 0 saturated heterocycles. The fourth-order valence-electron chi connectivity index (χ4n) is 2.18. The lowest BCUT2D eigenvalue weighted by Gasteiger charge is -2.02. The Morgan fingerprint density at radius 1 is 1.20 bits per heavy atom. The molecular formula is C15H16N2O3. The normalized spacial score (nSPS) is 10.4. The summed E-state index contributed by atoms with van der Waals surface area (Å²) < 4.78 is 7.87. The molecule has 0 atom stereocenters. The second kappa shape index (κ2) is 5.61. The molecule has 5 heteroatoms. The van der Waals surface area contributed by atoms with Crippen LogP contribution in [0.3, 0.4) is 0 Å². The molecule has 2 aromatic rings. The van der Waals surface area contributed by atoms with E-state index in [-0.39, 0.29) is 5.69 Å². The predicted molar refractivity (Wildman–Crippen MR) is 77.9 cm³/mol. The maximum absolute atomic E-state index is 12.3. The van der Waals surface area contributed by atoms with Gasteiger partial charge in [0, 0.05) is 13.1 Å². The van der Waals surface area contributed by atoms with Gasteiger partial charge in [0.2, 0.25) is 0 Å². The molecule has 0 aliphatic carbocycles. The molecule has 1 aromatic heterocycles. The van der Waals surface area contributed by atoms with Gasteiger partial charge in [0.1, 0.15) is 0 Å². The van der Waals surface area contributed by atoms with Gasteiger partial charge >= 0.3 is 11.7 Å². The van der Waals surface area contributed by atoms with E-state index in [1.165, 1.54) is 7.11 Å². The van der Waals surface area contributed by atoms with Gasteiger partial charge < -0.3 is 4.74 Å². The van der Waals surface area contributed by atoms with Gasteiger partial charge in [0.05, 0.1) is 23.7 Å². The van der Waals surface area contributed by atoms with Crippen LogP contribution in [-0.2, 0) is 17.8 Å². The molecule has 0 saturated carbocycles. The molecule has 0 N–H and O–H groups in total. The van der Waals surface area contributed by atoms with Crippen LogP contribution in [0.5, 0.6) is 0 Å². The molecule has 0 amide bonds. The minimum absolute atomic E-state index is 0.151. The van der Waals surface area contributed by atoms with Crippen molar-refractivity contribution in [2.24, 2.45) is 0 Å². The maximum Gasteiger partial charge on any atom is 0.337 e. The average Bonchev–Trinajstić information content (AvgIpc) is 2.72. The second-order valence-corrected chi connectivity index (χ2v) is 4.28. The number of esters is 1. The van der Waals surface area contributed by atoms with Crippen molar-refractivity contribution in [2.45, 2.75) is 13.1 Å². The monoisotopic (exact) mass is 272 g/mol. The van der Waals surface area contributed by atoms with Crippen molar-refractivity contribution in [1.29, 1.82) is 0 Å². The molecule has 104 valence electrons. The molecule has 0 aliphatic rings. The number of hydrogen-bond donors (Lipinski definition) is 0. The maximum atomic E-state index is 12.3. The first-order chi connectivity index (χ1) is 9.63. The zero-order chi connectivity index (χ0) is 14.7. The fraction of sp³-hybridized carbons (Fsp3) is 0.200. The summed E-state index contributed by atoms with van der Waals surface area (Å²) in [6.07, 6.45) is 3.30. The van der Waals surface area contributed by atoms with Crippen molar-refractivity contribution in [3.8, 4) is 0 Å². The Bertz CT molecular complexity index is 737. The number of allylic oxidation sites excluding steroid dienone is 2. The Labute approximate surface area is 116 Å². The number of carbonyl (C=O) groups is 1. The van der Waals surface area contributed by atoms with Crippen molar-refractivity contribution in [2.75, 3.05) is 7.11 Å². The molecule has 0 radical (unpaired) electrons. The SMILES string of the molecule is C=CCn1c(=O)n(CC=C)c2cc(C(=O)OC)ccc21. The zero-order valence-corrected chi connectivity index (χ0v) is 11.3. The number of nitrogens with zero attached hydrogens (tertiary/aromatic N) is 2. The molecule has 1 heterocycles. The third-order valence-electron chi connectivity index (χ3n) is 3.06. The van der Waals surface area contributed by atoms with E-state index in [1.807, 2.05) is 0 Å². The predicted octanol–water partition coefficient (Wildman–Crippen LogP) is 1.96. The Morgan fingerprint density at radius 3 is 2.35 bits per heavy atom. The van der Waals surface area contributed by atoms with Crippen LogP contribution >= 0.6 is 0 Å². The second-order valence-electron chi connectivity index (χ2n) is 4.28. The number of aromatic nitrogens is 2. The Hall–Kier alpha value is -2.56. The van der Waals surface area contributed by atoms with E-state index in [4.69, 9.17) is 4.74 Å². The minimum atomic E-state index is -0.430. The lowest BCUT2D eigenvalue weighted by molar-refractivity contribution is 0.0601. The van der Waals surface area contributed by atoms with Gasteiger partial charge in [-0.3, -0.25) is 9.13 Å². The quantitative estimate of drug-likeness (QED) is 0.617. The number of imidazole rings is 1. The summed E-state index contributed by atoms with van der Waals surface area (Å²) in [4.78, 5) is 23.9. The van der Waals surface area contributed by atoms with Gasteiger partial charge in [-0.15, -0.1) is 13.2 Å². The smallest absolute Gasteiger partial charge is 0.337 e. The number of fused-ring (bicyclic) bond motifs is 1. The summed E-state index contributed by atoms with van der Waals surface area (Å²) in [5, 5.41) is 0. The molecule has 5 nitrogen and oxygen atoms in total. The highest BCUT2D eigenvalue weighted by Crippen LogP contribution is 2.16. The van der Waals surface area contributed by atoms with E-state index in [0.717, 1.165) is 5.52 Å². The average molecular weight is 272 g/mol. The van der Waals surface area contributed by atoms with Crippen LogP contribution in [-0.4, -0.2) is 22.2 Å². The molecule has 0 fully saturated rings. The van der Waals surface area contributed by atoms with Crippen molar-refractivity contribution in [1.82, 2.24) is 9.13 Å². The van der Waals surface area contributed by atoms with Crippen LogP contribution in [0, 0.1) is 0 Å². The number of hydrogen-bond acceptors (Lipinski definition) is 3. The first-order valence-corrected chi connectivity index (χ1v) is 6.17. The highest BCUT2D eigenvalue weighted by Gasteiger charge is 2.14. The van der Waals surface area contributed by atoms with Crippen LogP contribution in [0.1, 0.15) is 10.4 Å². The van der Waals surface area contributed by atoms with E-state index in [0.29, 0.717) is 24.2 Å². The number of carbonyl (C=O) groups excluding carboxylic acids is 1. The standard InChI is InChI=1S/C15H16N2O3/c1-4-8-16-12-7-6-11(14(18)20-3)10-13(12)17(9-5-2)15(16)19/h4-7,10H,1-2,8-9H2,3H3. The summed E-state index contributed by atoms with van der Waals surface area (Å²) in [7, 11) is 1.33. The molecule has 2 rings (SSSR count). The third-order valence-corrected chi connectivity index (χ3v) is 3.06. The first-order valence-electron chi connectivity index (χ1n) is 6.17. The molecule has 0 bridgehead atoms. The van der Waals surface area contributed by atoms with Crippen molar-refractivity contribution in [3.63, 3.8) is 0 Å². The third kappa shape index (κ3) is 2.18. The van der Waals surface area contributed by atoms with Gasteiger partial charge in [-0.05, 0) is 18.2 Å². The number of methoxy groups -OCH3 is 1. The van der Waals surface area contributed by atoms with E-state index in [2.05, 4.69) is 13.2 Å². The molecule has 1 aromatic carbocycles. The van der Waals surface area contributed by atoms with Crippen molar-refractivity contribution in [3.05, 3.63) is 59.6 Å².